The topological polar surface area (TPSA) is 140 Å². The molecule has 0 bridgehead atoms. The van der Waals surface area contributed by atoms with Gasteiger partial charge in [0, 0.05) is 6.20 Å². The van der Waals surface area contributed by atoms with Gasteiger partial charge in [0.2, 0.25) is 6.23 Å². The molecule has 5 N–H and O–H groups in total. The number of aliphatic hydroxyl groups excluding tert-OH is 1. The number of amides is 1. The Morgan fingerprint density at radius 2 is 2.41 bits per heavy atom. The summed E-state index contributed by atoms with van der Waals surface area (Å²) in [7, 11) is 0. The summed E-state index contributed by atoms with van der Waals surface area (Å²) in [6.45, 7) is -0.527. The number of nitrogens with zero attached hydrogens (tertiary/aromatic N) is 2. The third-order valence-electron chi connectivity index (χ3n) is 1.81. The Balaban J connectivity index is 3.03. The molecule has 1 aromatic heterocycles. The highest BCUT2D eigenvalue weighted by Crippen LogP contribution is 2.05. The van der Waals surface area contributed by atoms with Crippen LogP contribution in [0.4, 0.5) is 5.82 Å². The number of aromatic nitrogens is 2. The van der Waals surface area contributed by atoms with Crippen LogP contribution in [0.25, 0.3) is 0 Å². The Morgan fingerprint density at radius 3 is 2.94 bits per heavy atom. The van der Waals surface area contributed by atoms with Crippen LogP contribution >= 0.6 is 0 Å². The molecule has 0 aliphatic rings. The van der Waals surface area contributed by atoms with Crippen molar-refractivity contribution < 1.29 is 19.8 Å². The molecule has 0 aromatic carbocycles. The van der Waals surface area contributed by atoms with Gasteiger partial charge < -0.3 is 15.6 Å². The van der Waals surface area contributed by atoms with Gasteiger partial charge in [-0.3, -0.25) is 14.6 Å². The van der Waals surface area contributed by atoms with E-state index in [9.17, 15) is 9.59 Å². The smallest absolute Gasteiger partial charge is 0.352 e. The molecule has 0 spiro atoms. The maximum atomic E-state index is 11.4. The van der Waals surface area contributed by atoms with Gasteiger partial charge in [0.05, 0.1) is 13.2 Å². The number of carbonyl (C=O) groups is 1. The Bertz CT molecular complexity index is 446. The fourth-order valence-corrected chi connectivity index (χ4v) is 1.11. The van der Waals surface area contributed by atoms with Gasteiger partial charge >= 0.3 is 5.69 Å². The number of hydrogen-bond acceptors (Lipinski definition) is 7. The summed E-state index contributed by atoms with van der Waals surface area (Å²) in [6, 6.07) is 1.29. The molecule has 17 heavy (non-hydrogen) atoms. The van der Waals surface area contributed by atoms with E-state index < -0.39 is 17.8 Å². The van der Waals surface area contributed by atoms with Crippen molar-refractivity contribution in [2.24, 2.45) is 0 Å². The summed E-state index contributed by atoms with van der Waals surface area (Å²) >= 11 is 0. The molecule has 0 aliphatic carbocycles. The molecule has 1 aromatic rings. The van der Waals surface area contributed by atoms with E-state index >= 15 is 0 Å². The van der Waals surface area contributed by atoms with E-state index in [0.717, 1.165) is 4.57 Å². The van der Waals surface area contributed by atoms with Gasteiger partial charge in [0.25, 0.3) is 5.91 Å². The highest BCUT2D eigenvalue weighted by atomic mass is 16.5. The summed E-state index contributed by atoms with van der Waals surface area (Å²) in [5.74, 6) is -0.969. The first-order chi connectivity index (χ1) is 8.10. The number of carbonyl (C=O) groups excluding carboxylic acids is 1. The number of anilines is 1. The minimum absolute atomic E-state index is 0.00318. The van der Waals surface area contributed by atoms with Crippen molar-refractivity contribution in [1.29, 1.82) is 0 Å². The SMILES string of the molecule is Nc1ccn(C(OCCO)C(=O)NO)c(=O)n1. The zero-order valence-corrected chi connectivity index (χ0v) is 8.74. The van der Waals surface area contributed by atoms with Gasteiger partial charge in [-0.2, -0.15) is 4.98 Å². The minimum atomic E-state index is -1.42. The van der Waals surface area contributed by atoms with Crippen molar-refractivity contribution in [3.8, 4) is 0 Å². The quantitative estimate of drug-likeness (QED) is 0.341. The lowest BCUT2D eigenvalue weighted by Gasteiger charge is -2.17. The van der Waals surface area contributed by atoms with Crippen LogP contribution in [0.15, 0.2) is 17.1 Å². The van der Waals surface area contributed by atoms with E-state index in [2.05, 4.69) is 4.98 Å². The number of rotatable bonds is 5. The van der Waals surface area contributed by atoms with Crippen LogP contribution in [0.1, 0.15) is 6.23 Å². The molecule has 1 rings (SSSR count). The highest BCUT2D eigenvalue weighted by molar-refractivity contribution is 5.77. The monoisotopic (exact) mass is 244 g/mol. The van der Waals surface area contributed by atoms with E-state index in [1.54, 1.807) is 0 Å². The van der Waals surface area contributed by atoms with Gasteiger partial charge in [0.15, 0.2) is 0 Å². The van der Waals surface area contributed by atoms with Gasteiger partial charge in [-0.25, -0.2) is 10.3 Å². The van der Waals surface area contributed by atoms with Crippen molar-refractivity contribution in [1.82, 2.24) is 15.0 Å². The van der Waals surface area contributed by atoms with Crippen LogP contribution in [-0.2, 0) is 9.53 Å². The van der Waals surface area contributed by atoms with Crippen molar-refractivity contribution in [2.75, 3.05) is 18.9 Å². The molecule has 0 aliphatic heterocycles. The normalized spacial score (nSPS) is 12.1. The Kier molecular flexibility index (Phi) is 4.57. The van der Waals surface area contributed by atoms with Crippen molar-refractivity contribution in [3.05, 3.63) is 22.7 Å². The second kappa shape index (κ2) is 5.94. The second-order valence-electron chi connectivity index (χ2n) is 2.97. The molecule has 9 heteroatoms. The van der Waals surface area contributed by atoms with Gasteiger partial charge in [-0.1, -0.05) is 0 Å². The van der Waals surface area contributed by atoms with E-state index in [-0.39, 0.29) is 19.0 Å². The molecule has 1 unspecified atom stereocenters. The molecule has 0 fully saturated rings. The van der Waals surface area contributed by atoms with Gasteiger partial charge in [-0.05, 0) is 6.07 Å². The molecule has 0 radical (unpaired) electrons. The number of nitrogen functional groups attached to an aromatic ring is 1. The first-order valence-electron chi connectivity index (χ1n) is 4.61. The number of hydrogen-bond donors (Lipinski definition) is 4. The molecule has 1 amide bonds. The first kappa shape index (κ1) is 13.1. The zero-order chi connectivity index (χ0) is 12.8. The maximum Gasteiger partial charge on any atom is 0.352 e. The third-order valence-corrected chi connectivity index (χ3v) is 1.81. The Morgan fingerprint density at radius 1 is 1.71 bits per heavy atom. The number of hydroxylamine groups is 1. The van der Waals surface area contributed by atoms with E-state index in [0.29, 0.717) is 0 Å². The predicted octanol–water partition coefficient (Wildman–Crippen LogP) is -2.16. The average molecular weight is 244 g/mol. The summed E-state index contributed by atoms with van der Waals surface area (Å²) in [5, 5.41) is 17.1. The standard InChI is InChI=1S/C8H12N4O5/c9-5-1-2-12(8(15)10-5)7(6(14)11-16)17-4-3-13/h1-2,7,13,16H,3-4H2,(H,11,14)(H2,9,10,15). The number of ether oxygens (including phenoxy) is 1. The van der Waals surface area contributed by atoms with Crippen LogP contribution in [0.3, 0.4) is 0 Å². The minimum Gasteiger partial charge on any atom is -0.394 e. The van der Waals surface area contributed by atoms with Gasteiger partial charge in [0.1, 0.15) is 5.82 Å². The van der Waals surface area contributed by atoms with Crippen LogP contribution in [0, 0.1) is 0 Å². The van der Waals surface area contributed by atoms with Crippen LogP contribution in [0.2, 0.25) is 0 Å². The summed E-state index contributed by atoms with van der Waals surface area (Å²) in [5.41, 5.74) is 5.82. The molecule has 1 atom stereocenters. The Labute approximate surface area is 95.4 Å². The molecule has 0 saturated heterocycles. The molecule has 1 heterocycles. The highest BCUT2D eigenvalue weighted by Gasteiger charge is 2.22. The lowest BCUT2D eigenvalue weighted by atomic mass is 10.4. The fourth-order valence-electron chi connectivity index (χ4n) is 1.11. The van der Waals surface area contributed by atoms with E-state index in [4.69, 9.17) is 20.8 Å². The summed E-state index contributed by atoms with van der Waals surface area (Å²) in [4.78, 5) is 26.1. The average Bonchev–Trinajstić information content (AvgIpc) is 2.31. The molecular weight excluding hydrogens is 232 g/mol. The molecule has 94 valence electrons. The largest absolute Gasteiger partial charge is 0.394 e. The van der Waals surface area contributed by atoms with Crippen LogP contribution in [0.5, 0.6) is 0 Å². The summed E-state index contributed by atoms with van der Waals surface area (Å²) < 4.78 is 5.74. The molecule has 0 saturated carbocycles. The number of nitrogens with one attached hydrogen (secondary N) is 1. The second-order valence-corrected chi connectivity index (χ2v) is 2.97. The summed E-state index contributed by atoms with van der Waals surface area (Å²) in [6.07, 6.45) is -0.227. The lowest BCUT2D eigenvalue weighted by molar-refractivity contribution is -0.149. The maximum absolute atomic E-state index is 11.4. The predicted molar refractivity (Wildman–Crippen MR) is 54.9 cm³/mol. The number of aliphatic hydroxyl groups is 1. The van der Waals surface area contributed by atoms with E-state index in [1.807, 2.05) is 0 Å². The van der Waals surface area contributed by atoms with Crippen molar-refractivity contribution >= 4 is 11.7 Å². The fraction of sp³-hybridized carbons (Fsp3) is 0.375. The molecular formula is C8H12N4O5. The van der Waals surface area contributed by atoms with Crippen molar-refractivity contribution in [2.45, 2.75) is 6.23 Å². The third kappa shape index (κ3) is 3.24. The van der Waals surface area contributed by atoms with Crippen molar-refractivity contribution in [3.63, 3.8) is 0 Å². The van der Waals surface area contributed by atoms with Crippen LogP contribution in [-0.4, -0.2) is 39.0 Å². The van der Waals surface area contributed by atoms with E-state index in [1.165, 1.54) is 17.7 Å². The zero-order valence-electron chi connectivity index (χ0n) is 8.74. The molecule has 9 nitrogen and oxygen atoms in total. The number of nitrogens with two attached hydrogens (primary N) is 1. The van der Waals surface area contributed by atoms with Crippen LogP contribution < -0.4 is 16.9 Å². The van der Waals surface area contributed by atoms with Gasteiger partial charge in [-0.15, -0.1) is 0 Å². The Hall–Kier alpha value is -1.97. The first-order valence-corrected chi connectivity index (χ1v) is 4.61. The lowest BCUT2D eigenvalue weighted by Crippen LogP contribution is -2.38.